The van der Waals surface area contributed by atoms with E-state index in [0.29, 0.717) is 6.61 Å². The number of fused-ring (bicyclic) bond motifs is 1. The van der Waals surface area contributed by atoms with Crippen molar-refractivity contribution in [2.24, 2.45) is 0 Å². The van der Waals surface area contributed by atoms with Crippen molar-refractivity contribution in [1.82, 2.24) is 0 Å². The van der Waals surface area contributed by atoms with E-state index >= 15 is 0 Å². The van der Waals surface area contributed by atoms with E-state index in [-0.39, 0.29) is 6.10 Å². The van der Waals surface area contributed by atoms with Crippen LogP contribution in [0.5, 0.6) is 0 Å². The number of rotatable bonds is 5. The molecule has 2 saturated heterocycles. The zero-order valence-electron chi connectivity index (χ0n) is 12.8. The first kappa shape index (κ1) is 15.6. The number of hydrogen-bond acceptors (Lipinski definition) is 5. The minimum atomic E-state index is -0.832. The first-order valence-corrected chi connectivity index (χ1v) is 7.47. The number of hydrogen-bond donors (Lipinski definition) is 1. The normalized spacial score (nSPS) is 34.3. The van der Waals surface area contributed by atoms with Crippen LogP contribution in [0.2, 0.25) is 0 Å². The highest BCUT2D eigenvalue weighted by molar-refractivity contribution is 5.13. The molecule has 2 aliphatic rings. The van der Waals surface area contributed by atoms with E-state index < -0.39 is 30.4 Å². The first-order chi connectivity index (χ1) is 10.5. The maximum Gasteiger partial charge on any atom is 0.190 e. The molecule has 0 bridgehead atoms. The van der Waals surface area contributed by atoms with E-state index in [2.05, 4.69) is 6.58 Å². The number of ether oxygens (including phenoxy) is 4. The monoisotopic (exact) mass is 306 g/mol. The quantitative estimate of drug-likeness (QED) is 0.843. The summed E-state index contributed by atoms with van der Waals surface area (Å²) in [5, 5.41) is 10.1. The number of benzene rings is 1. The highest BCUT2D eigenvalue weighted by atomic mass is 16.8. The van der Waals surface area contributed by atoms with Gasteiger partial charge >= 0.3 is 0 Å². The van der Waals surface area contributed by atoms with Crippen LogP contribution in [0.4, 0.5) is 0 Å². The van der Waals surface area contributed by atoms with E-state index in [9.17, 15) is 5.11 Å². The van der Waals surface area contributed by atoms with Crippen molar-refractivity contribution in [2.75, 3.05) is 0 Å². The molecule has 1 aromatic carbocycles. The average molecular weight is 306 g/mol. The Hall–Kier alpha value is -1.24. The molecule has 5 nitrogen and oxygen atoms in total. The average Bonchev–Trinajstić information content (AvgIpc) is 2.97. The molecule has 22 heavy (non-hydrogen) atoms. The van der Waals surface area contributed by atoms with Gasteiger partial charge in [-0.3, -0.25) is 0 Å². The van der Waals surface area contributed by atoms with E-state index in [1.165, 1.54) is 6.08 Å². The van der Waals surface area contributed by atoms with Crippen LogP contribution in [-0.2, 0) is 25.6 Å². The number of aliphatic hydroxyl groups excluding tert-OH is 1. The Balaban J connectivity index is 1.73. The molecule has 0 amide bonds. The van der Waals surface area contributed by atoms with Crippen LogP contribution in [0, 0.1) is 0 Å². The van der Waals surface area contributed by atoms with Crippen LogP contribution < -0.4 is 0 Å². The molecule has 5 heteroatoms. The second kappa shape index (κ2) is 6.10. The van der Waals surface area contributed by atoms with Crippen LogP contribution in [-0.4, -0.2) is 41.6 Å². The van der Waals surface area contributed by atoms with Gasteiger partial charge in [0.25, 0.3) is 0 Å². The van der Waals surface area contributed by atoms with E-state index in [1.54, 1.807) is 0 Å². The van der Waals surface area contributed by atoms with Crippen molar-refractivity contribution >= 4 is 0 Å². The largest absolute Gasteiger partial charge is 0.386 e. The third kappa shape index (κ3) is 3.09. The van der Waals surface area contributed by atoms with Crippen molar-refractivity contribution in [2.45, 2.75) is 56.9 Å². The fourth-order valence-electron chi connectivity index (χ4n) is 2.87. The smallest absolute Gasteiger partial charge is 0.190 e. The summed E-state index contributed by atoms with van der Waals surface area (Å²) < 4.78 is 23.4. The van der Waals surface area contributed by atoms with E-state index in [0.717, 1.165) is 5.56 Å². The summed E-state index contributed by atoms with van der Waals surface area (Å²) in [4.78, 5) is 0. The van der Waals surface area contributed by atoms with Gasteiger partial charge in [0.15, 0.2) is 12.1 Å². The Morgan fingerprint density at radius 1 is 1.32 bits per heavy atom. The lowest BCUT2D eigenvalue weighted by atomic mass is 10.1. The molecule has 0 aromatic heterocycles. The predicted molar refractivity (Wildman–Crippen MR) is 79.9 cm³/mol. The zero-order chi connectivity index (χ0) is 15.7. The zero-order valence-corrected chi connectivity index (χ0v) is 12.8. The van der Waals surface area contributed by atoms with Crippen LogP contribution in [0.25, 0.3) is 0 Å². The van der Waals surface area contributed by atoms with Crippen molar-refractivity contribution in [1.29, 1.82) is 0 Å². The summed E-state index contributed by atoms with van der Waals surface area (Å²) in [6, 6.07) is 9.85. The summed E-state index contributed by atoms with van der Waals surface area (Å²) in [5.41, 5.74) is 1.05. The summed E-state index contributed by atoms with van der Waals surface area (Å²) in [7, 11) is 0. The van der Waals surface area contributed by atoms with Gasteiger partial charge in [0, 0.05) is 0 Å². The summed E-state index contributed by atoms with van der Waals surface area (Å²) in [6.45, 7) is 7.70. The molecule has 0 spiro atoms. The van der Waals surface area contributed by atoms with Gasteiger partial charge < -0.3 is 24.1 Å². The van der Waals surface area contributed by atoms with Crippen molar-refractivity contribution in [3.8, 4) is 0 Å². The van der Waals surface area contributed by atoms with Gasteiger partial charge in [0.1, 0.15) is 24.4 Å². The van der Waals surface area contributed by atoms with Gasteiger partial charge in [-0.15, -0.1) is 6.58 Å². The molecule has 1 unspecified atom stereocenters. The van der Waals surface area contributed by atoms with Gasteiger partial charge in [-0.1, -0.05) is 36.4 Å². The van der Waals surface area contributed by atoms with Gasteiger partial charge in [-0.2, -0.15) is 0 Å². The third-order valence-corrected chi connectivity index (χ3v) is 3.89. The molecular weight excluding hydrogens is 284 g/mol. The SMILES string of the molecule is C=C[C@@H](O)C1O[C@@H]2OC(C)(C)O[C@@H]2[C@H]1OCc1ccccc1. The van der Waals surface area contributed by atoms with Gasteiger partial charge in [-0.25, -0.2) is 0 Å². The summed E-state index contributed by atoms with van der Waals surface area (Å²) in [6.07, 6.45) is -1.25. The minimum absolute atomic E-state index is 0.363. The second-order valence-corrected chi connectivity index (χ2v) is 6.06. The molecule has 0 aliphatic carbocycles. The van der Waals surface area contributed by atoms with Crippen LogP contribution in [0.1, 0.15) is 19.4 Å². The maximum absolute atomic E-state index is 10.1. The molecule has 2 aliphatic heterocycles. The predicted octanol–water partition coefficient (Wildman–Crippen LogP) is 2.00. The van der Waals surface area contributed by atoms with Gasteiger partial charge in [-0.05, 0) is 19.4 Å². The highest BCUT2D eigenvalue weighted by Gasteiger charge is 2.56. The number of aliphatic hydroxyl groups is 1. The highest BCUT2D eigenvalue weighted by Crippen LogP contribution is 2.40. The second-order valence-electron chi connectivity index (χ2n) is 6.06. The fraction of sp³-hybridized carbons (Fsp3) is 0.529. The Labute approximate surface area is 130 Å². The van der Waals surface area contributed by atoms with Gasteiger partial charge in [0.05, 0.1) is 6.61 Å². The Morgan fingerprint density at radius 3 is 2.73 bits per heavy atom. The molecule has 0 radical (unpaired) electrons. The van der Waals surface area contributed by atoms with E-state index in [4.69, 9.17) is 18.9 Å². The lowest BCUT2D eigenvalue weighted by Crippen LogP contribution is -2.41. The van der Waals surface area contributed by atoms with E-state index in [1.807, 2.05) is 44.2 Å². The minimum Gasteiger partial charge on any atom is -0.386 e. The standard InChI is InChI=1S/C17H22O5/c1-4-12(18)13-14(19-10-11-8-6-5-7-9-11)15-16(20-13)22-17(2,3)21-15/h4-9,12-16,18H,1,10H2,2-3H3/t12-,13?,14+,15-,16-/m1/s1. The van der Waals surface area contributed by atoms with Gasteiger partial charge in [0.2, 0.25) is 0 Å². The summed E-state index contributed by atoms with van der Waals surface area (Å²) in [5.74, 6) is -0.714. The molecule has 1 aromatic rings. The summed E-state index contributed by atoms with van der Waals surface area (Å²) >= 11 is 0. The molecule has 1 N–H and O–H groups in total. The van der Waals surface area contributed by atoms with Crippen molar-refractivity contribution < 1.29 is 24.1 Å². The Bertz CT molecular complexity index is 515. The first-order valence-electron chi connectivity index (χ1n) is 7.47. The Kier molecular flexibility index (Phi) is 4.34. The van der Waals surface area contributed by atoms with Crippen LogP contribution in [0.3, 0.4) is 0 Å². The lowest BCUT2D eigenvalue weighted by molar-refractivity contribution is -0.227. The maximum atomic E-state index is 10.1. The molecule has 3 rings (SSSR count). The van der Waals surface area contributed by atoms with Crippen LogP contribution in [0.15, 0.2) is 43.0 Å². The molecule has 5 atom stereocenters. The van der Waals surface area contributed by atoms with Crippen LogP contribution >= 0.6 is 0 Å². The van der Waals surface area contributed by atoms with Crippen molar-refractivity contribution in [3.63, 3.8) is 0 Å². The lowest BCUT2D eigenvalue weighted by Gasteiger charge is -2.27. The molecule has 0 saturated carbocycles. The molecule has 2 heterocycles. The molecule has 2 fully saturated rings. The van der Waals surface area contributed by atoms with Crippen molar-refractivity contribution in [3.05, 3.63) is 48.6 Å². The molecule has 120 valence electrons. The Morgan fingerprint density at radius 2 is 2.05 bits per heavy atom. The molecular formula is C17H22O5. The topological polar surface area (TPSA) is 57.2 Å². The fourth-order valence-corrected chi connectivity index (χ4v) is 2.87. The third-order valence-electron chi connectivity index (χ3n) is 3.89.